The molecule has 0 saturated carbocycles. The summed E-state index contributed by atoms with van der Waals surface area (Å²) in [5.41, 5.74) is 0.231. The van der Waals surface area contributed by atoms with Crippen molar-refractivity contribution in [2.75, 3.05) is 6.61 Å². The van der Waals surface area contributed by atoms with Crippen molar-refractivity contribution in [3.63, 3.8) is 0 Å². The molecule has 0 aliphatic carbocycles. The summed E-state index contributed by atoms with van der Waals surface area (Å²) in [6.45, 7) is 2.71. The molecule has 0 saturated heterocycles. The lowest BCUT2D eigenvalue weighted by atomic mass is 10.2. The quantitative estimate of drug-likeness (QED) is 0.425. The zero-order valence-corrected chi connectivity index (χ0v) is 14.7. The van der Waals surface area contributed by atoms with E-state index in [2.05, 4.69) is 22.9 Å². The Hall–Kier alpha value is -2.34. The molecule has 6 heteroatoms. The monoisotopic (exact) mass is 392 g/mol. The van der Waals surface area contributed by atoms with Crippen molar-refractivity contribution in [1.29, 1.82) is 0 Å². The number of carboxylic acids is 1. The molecule has 0 amide bonds. The van der Waals surface area contributed by atoms with Gasteiger partial charge in [-0.15, -0.1) is 0 Å². The minimum atomic E-state index is -1.17. The van der Waals surface area contributed by atoms with Gasteiger partial charge in [0.2, 0.25) is 0 Å². The molecule has 0 heterocycles. The van der Waals surface area contributed by atoms with E-state index in [0.717, 1.165) is 12.8 Å². The van der Waals surface area contributed by atoms with Gasteiger partial charge in [-0.3, -0.25) is 0 Å². The van der Waals surface area contributed by atoms with E-state index in [1.807, 2.05) is 0 Å². The number of esters is 1. The lowest BCUT2D eigenvalue weighted by molar-refractivity contribution is 0.0681. The number of hydrogen-bond donors (Lipinski definition) is 1. The van der Waals surface area contributed by atoms with Gasteiger partial charge in [0.25, 0.3) is 0 Å². The van der Waals surface area contributed by atoms with Gasteiger partial charge in [0.15, 0.2) is 0 Å². The normalized spacial score (nSPS) is 10.2. The molecule has 24 heavy (non-hydrogen) atoms. The van der Waals surface area contributed by atoms with Crippen LogP contribution in [-0.2, 0) is 0 Å². The molecular formula is C18H17BrO5. The molecule has 2 aromatic carbocycles. The largest absolute Gasteiger partial charge is 0.494 e. The Morgan fingerprint density at radius 1 is 1.12 bits per heavy atom. The van der Waals surface area contributed by atoms with Crippen molar-refractivity contribution in [1.82, 2.24) is 0 Å². The maximum Gasteiger partial charge on any atom is 0.343 e. The Kier molecular flexibility index (Phi) is 6.37. The summed E-state index contributed by atoms with van der Waals surface area (Å²) < 4.78 is 11.3. The predicted octanol–water partition coefficient (Wildman–Crippen LogP) is 4.55. The van der Waals surface area contributed by atoms with E-state index < -0.39 is 11.9 Å². The van der Waals surface area contributed by atoms with Crippen molar-refractivity contribution in [2.45, 2.75) is 19.8 Å². The number of halogens is 1. The topological polar surface area (TPSA) is 72.8 Å². The maximum absolute atomic E-state index is 12.2. The summed E-state index contributed by atoms with van der Waals surface area (Å²) >= 11 is 3.19. The molecule has 0 aliphatic heterocycles. The molecule has 0 radical (unpaired) electrons. The predicted molar refractivity (Wildman–Crippen MR) is 92.9 cm³/mol. The Balaban J connectivity index is 2.09. The van der Waals surface area contributed by atoms with E-state index in [0.29, 0.717) is 22.4 Å². The highest BCUT2D eigenvalue weighted by Gasteiger charge is 2.16. The fourth-order valence-electron chi connectivity index (χ4n) is 1.94. The Morgan fingerprint density at radius 3 is 2.46 bits per heavy atom. The van der Waals surface area contributed by atoms with Crippen molar-refractivity contribution in [3.05, 3.63) is 58.1 Å². The standard InChI is InChI=1S/C18H17BrO5/c1-2-3-10-23-14-7-4-12(5-8-14)18(22)24-16-9-6-13(19)11-15(16)17(20)21/h4-9,11H,2-3,10H2,1H3,(H,20,21). The second-order valence-electron chi connectivity index (χ2n) is 5.06. The molecule has 0 unspecified atom stereocenters. The summed E-state index contributed by atoms with van der Waals surface area (Å²) in [7, 11) is 0. The third kappa shape index (κ3) is 4.83. The number of ether oxygens (including phenoxy) is 2. The lowest BCUT2D eigenvalue weighted by Gasteiger charge is -2.09. The van der Waals surface area contributed by atoms with Gasteiger partial charge in [0.05, 0.1) is 12.2 Å². The highest BCUT2D eigenvalue weighted by atomic mass is 79.9. The molecule has 5 nitrogen and oxygen atoms in total. The highest BCUT2D eigenvalue weighted by molar-refractivity contribution is 9.10. The van der Waals surface area contributed by atoms with Crippen molar-refractivity contribution in [3.8, 4) is 11.5 Å². The third-order valence-corrected chi connectivity index (χ3v) is 3.72. The number of unbranched alkanes of at least 4 members (excludes halogenated alkanes) is 1. The van der Waals surface area contributed by atoms with E-state index in [4.69, 9.17) is 9.47 Å². The van der Waals surface area contributed by atoms with E-state index in [-0.39, 0.29) is 11.3 Å². The van der Waals surface area contributed by atoms with Gasteiger partial charge < -0.3 is 14.6 Å². The first-order valence-corrected chi connectivity index (χ1v) is 8.28. The zero-order valence-electron chi connectivity index (χ0n) is 13.1. The minimum Gasteiger partial charge on any atom is -0.494 e. The van der Waals surface area contributed by atoms with Crippen LogP contribution in [0, 0.1) is 0 Å². The van der Waals surface area contributed by atoms with E-state index in [1.54, 1.807) is 30.3 Å². The molecule has 0 atom stereocenters. The third-order valence-electron chi connectivity index (χ3n) is 3.23. The number of carboxylic acid groups (broad SMARTS) is 1. The van der Waals surface area contributed by atoms with E-state index >= 15 is 0 Å². The number of rotatable bonds is 7. The summed E-state index contributed by atoms with van der Waals surface area (Å²) in [4.78, 5) is 23.4. The molecule has 0 fully saturated rings. The molecule has 1 N–H and O–H groups in total. The summed E-state index contributed by atoms with van der Waals surface area (Å²) in [6, 6.07) is 11.0. The number of benzene rings is 2. The number of carbonyl (C=O) groups excluding carboxylic acids is 1. The van der Waals surface area contributed by atoms with Gasteiger partial charge in [-0.05, 0) is 48.9 Å². The van der Waals surface area contributed by atoms with Crippen molar-refractivity contribution in [2.24, 2.45) is 0 Å². The van der Waals surface area contributed by atoms with Crippen LogP contribution in [0.3, 0.4) is 0 Å². The minimum absolute atomic E-state index is 0.000952. The van der Waals surface area contributed by atoms with Crippen LogP contribution in [0.2, 0.25) is 0 Å². The maximum atomic E-state index is 12.2. The fraction of sp³-hybridized carbons (Fsp3) is 0.222. The van der Waals surface area contributed by atoms with Gasteiger partial charge in [-0.2, -0.15) is 0 Å². The van der Waals surface area contributed by atoms with Crippen molar-refractivity contribution < 1.29 is 24.2 Å². The second kappa shape index (κ2) is 8.49. The average molecular weight is 393 g/mol. The number of hydrogen-bond acceptors (Lipinski definition) is 4. The summed E-state index contributed by atoms with van der Waals surface area (Å²) in [6.07, 6.45) is 2.01. The van der Waals surface area contributed by atoms with E-state index in [1.165, 1.54) is 12.1 Å². The van der Waals surface area contributed by atoms with Crippen LogP contribution in [0.5, 0.6) is 11.5 Å². The molecule has 0 aliphatic rings. The van der Waals surface area contributed by atoms with Crippen molar-refractivity contribution >= 4 is 27.9 Å². The number of aromatic carboxylic acids is 1. The zero-order chi connectivity index (χ0) is 17.5. The van der Waals surface area contributed by atoms with Crippen LogP contribution in [0.4, 0.5) is 0 Å². The Labute approximate surface area is 148 Å². The first-order chi connectivity index (χ1) is 11.5. The molecular weight excluding hydrogens is 376 g/mol. The average Bonchev–Trinajstić information content (AvgIpc) is 2.57. The van der Waals surface area contributed by atoms with Crippen LogP contribution in [0.25, 0.3) is 0 Å². The fourth-order valence-corrected chi connectivity index (χ4v) is 2.30. The van der Waals surface area contributed by atoms with Crippen LogP contribution >= 0.6 is 15.9 Å². The second-order valence-corrected chi connectivity index (χ2v) is 5.98. The van der Waals surface area contributed by atoms with Gasteiger partial charge in [0.1, 0.15) is 17.1 Å². The SMILES string of the molecule is CCCCOc1ccc(C(=O)Oc2ccc(Br)cc2C(=O)O)cc1. The molecule has 2 aromatic rings. The molecule has 126 valence electrons. The van der Waals surface area contributed by atoms with Crippen LogP contribution in [0.15, 0.2) is 46.9 Å². The highest BCUT2D eigenvalue weighted by Crippen LogP contribution is 2.24. The molecule has 2 rings (SSSR count). The summed E-state index contributed by atoms with van der Waals surface area (Å²) in [5.74, 6) is -1.12. The van der Waals surface area contributed by atoms with Gasteiger partial charge in [-0.1, -0.05) is 29.3 Å². The first-order valence-electron chi connectivity index (χ1n) is 7.49. The molecule has 0 spiro atoms. The Morgan fingerprint density at radius 2 is 1.83 bits per heavy atom. The first kappa shape index (κ1) is 18.0. The van der Waals surface area contributed by atoms with Crippen LogP contribution < -0.4 is 9.47 Å². The van der Waals surface area contributed by atoms with Gasteiger partial charge >= 0.3 is 11.9 Å². The molecule has 0 aromatic heterocycles. The smallest absolute Gasteiger partial charge is 0.343 e. The van der Waals surface area contributed by atoms with Gasteiger partial charge in [-0.25, -0.2) is 9.59 Å². The van der Waals surface area contributed by atoms with E-state index in [9.17, 15) is 14.7 Å². The lowest BCUT2D eigenvalue weighted by Crippen LogP contribution is -2.11. The molecule has 0 bridgehead atoms. The van der Waals surface area contributed by atoms with Crippen LogP contribution in [-0.4, -0.2) is 23.7 Å². The van der Waals surface area contributed by atoms with Gasteiger partial charge in [0, 0.05) is 4.47 Å². The van der Waals surface area contributed by atoms with Crippen LogP contribution in [0.1, 0.15) is 40.5 Å². The Bertz CT molecular complexity index is 725. The summed E-state index contributed by atoms with van der Waals surface area (Å²) in [5, 5.41) is 9.18. The number of carbonyl (C=O) groups is 2.